The number of hydrogen-bond donors (Lipinski definition) is 0. The molecule has 0 N–H and O–H groups in total. The predicted octanol–water partition coefficient (Wildman–Crippen LogP) is 7.43. The Kier molecular flexibility index (Phi) is 5.87. The molecule has 1 heteroatoms. The molecule has 1 nitrogen and oxygen atoms in total. The standard InChI is InChI=1S/C28H25N/c1-2-29(26-16-10-5-11-17-26)27-20-18-23(19-21-27)22-28(24-12-6-3-7-13-24)25-14-8-4-9-15-25/h3-22H,2H2,1H3. The van der Waals surface area contributed by atoms with Gasteiger partial charge in [0.05, 0.1) is 0 Å². The van der Waals surface area contributed by atoms with Crippen LogP contribution in [0.15, 0.2) is 115 Å². The molecule has 0 spiro atoms. The second-order valence-electron chi connectivity index (χ2n) is 6.96. The largest absolute Gasteiger partial charge is 0.342 e. The molecule has 0 aliphatic carbocycles. The van der Waals surface area contributed by atoms with Gasteiger partial charge in [0.15, 0.2) is 0 Å². The minimum atomic E-state index is 0.929. The quantitative estimate of drug-likeness (QED) is 0.317. The molecule has 0 aromatic heterocycles. The van der Waals surface area contributed by atoms with Gasteiger partial charge in [0, 0.05) is 17.9 Å². The zero-order chi connectivity index (χ0) is 19.9. The van der Waals surface area contributed by atoms with Gasteiger partial charge < -0.3 is 4.90 Å². The van der Waals surface area contributed by atoms with Crippen molar-refractivity contribution in [3.63, 3.8) is 0 Å². The fraction of sp³-hybridized carbons (Fsp3) is 0.0714. The molecule has 4 aromatic rings. The molecule has 0 saturated heterocycles. The molecule has 4 rings (SSSR count). The van der Waals surface area contributed by atoms with Crippen LogP contribution >= 0.6 is 0 Å². The Morgan fingerprint density at radius 3 is 1.52 bits per heavy atom. The maximum atomic E-state index is 2.32. The number of rotatable bonds is 6. The minimum Gasteiger partial charge on any atom is -0.342 e. The van der Waals surface area contributed by atoms with Crippen molar-refractivity contribution in [2.45, 2.75) is 6.92 Å². The summed E-state index contributed by atoms with van der Waals surface area (Å²) in [5.74, 6) is 0. The van der Waals surface area contributed by atoms with Crippen molar-refractivity contribution in [2.75, 3.05) is 11.4 Å². The Morgan fingerprint density at radius 2 is 1.03 bits per heavy atom. The van der Waals surface area contributed by atoms with Gasteiger partial charge in [-0.15, -0.1) is 0 Å². The molecule has 0 bridgehead atoms. The SMILES string of the molecule is CCN(c1ccccc1)c1ccc(C=C(c2ccccc2)c2ccccc2)cc1. The third-order valence-electron chi connectivity index (χ3n) is 5.07. The topological polar surface area (TPSA) is 3.24 Å². The highest BCUT2D eigenvalue weighted by Gasteiger charge is 2.08. The van der Waals surface area contributed by atoms with Crippen LogP contribution in [-0.2, 0) is 0 Å². The van der Waals surface area contributed by atoms with Gasteiger partial charge in [0.2, 0.25) is 0 Å². The van der Waals surface area contributed by atoms with Crippen LogP contribution < -0.4 is 4.90 Å². The molecule has 29 heavy (non-hydrogen) atoms. The summed E-state index contributed by atoms with van der Waals surface area (Å²) in [5, 5.41) is 0. The van der Waals surface area contributed by atoms with E-state index in [0.717, 1.165) is 6.54 Å². The van der Waals surface area contributed by atoms with Crippen LogP contribution in [-0.4, -0.2) is 6.54 Å². The van der Waals surface area contributed by atoms with Gasteiger partial charge in [-0.2, -0.15) is 0 Å². The summed E-state index contributed by atoms with van der Waals surface area (Å²) < 4.78 is 0. The lowest BCUT2D eigenvalue weighted by molar-refractivity contribution is 1.02. The maximum Gasteiger partial charge on any atom is 0.0411 e. The van der Waals surface area contributed by atoms with Crippen molar-refractivity contribution in [1.29, 1.82) is 0 Å². The van der Waals surface area contributed by atoms with E-state index in [1.54, 1.807) is 0 Å². The summed E-state index contributed by atoms with van der Waals surface area (Å²) >= 11 is 0. The Hall–Kier alpha value is -3.58. The molecular weight excluding hydrogens is 350 g/mol. The molecule has 0 amide bonds. The average Bonchev–Trinajstić information content (AvgIpc) is 2.81. The van der Waals surface area contributed by atoms with Gasteiger partial charge in [-0.3, -0.25) is 0 Å². The number of benzene rings is 4. The van der Waals surface area contributed by atoms with Gasteiger partial charge in [0.1, 0.15) is 0 Å². The van der Waals surface area contributed by atoms with E-state index in [4.69, 9.17) is 0 Å². The second kappa shape index (κ2) is 9.07. The third kappa shape index (κ3) is 4.47. The number of hydrogen-bond acceptors (Lipinski definition) is 1. The number of nitrogens with zero attached hydrogens (tertiary/aromatic N) is 1. The molecule has 4 aromatic carbocycles. The van der Waals surface area contributed by atoms with E-state index in [9.17, 15) is 0 Å². The van der Waals surface area contributed by atoms with Crippen molar-refractivity contribution in [3.05, 3.63) is 132 Å². The highest BCUT2D eigenvalue weighted by Crippen LogP contribution is 2.28. The number of para-hydroxylation sites is 1. The van der Waals surface area contributed by atoms with Crippen LogP contribution in [0.3, 0.4) is 0 Å². The first kappa shape index (κ1) is 18.8. The molecular formula is C28H25N. The van der Waals surface area contributed by atoms with E-state index < -0.39 is 0 Å². The molecule has 0 atom stereocenters. The lowest BCUT2D eigenvalue weighted by Gasteiger charge is -2.23. The monoisotopic (exact) mass is 375 g/mol. The number of anilines is 2. The van der Waals surface area contributed by atoms with Crippen molar-refractivity contribution >= 4 is 23.0 Å². The summed E-state index contributed by atoms with van der Waals surface area (Å²) in [7, 11) is 0. The summed E-state index contributed by atoms with van der Waals surface area (Å²) in [5.41, 5.74) is 7.30. The third-order valence-corrected chi connectivity index (χ3v) is 5.07. The van der Waals surface area contributed by atoms with Gasteiger partial charge >= 0.3 is 0 Å². The van der Waals surface area contributed by atoms with Crippen LogP contribution in [0.5, 0.6) is 0 Å². The average molecular weight is 376 g/mol. The van der Waals surface area contributed by atoms with E-state index >= 15 is 0 Å². The first-order chi connectivity index (χ1) is 14.3. The molecule has 0 heterocycles. The Labute approximate surface area is 173 Å². The summed E-state index contributed by atoms with van der Waals surface area (Å²) in [4.78, 5) is 2.32. The first-order valence-electron chi connectivity index (χ1n) is 10.1. The van der Waals surface area contributed by atoms with Crippen LogP contribution in [0.2, 0.25) is 0 Å². The van der Waals surface area contributed by atoms with E-state index in [1.165, 1.54) is 33.6 Å². The Bertz CT molecular complexity index is 1010. The van der Waals surface area contributed by atoms with Crippen molar-refractivity contribution in [2.24, 2.45) is 0 Å². The van der Waals surface area contributed by atoms with Crippen molar-refractivity contribution < 1.29 is 0 Å². The molecule has 0 aliphatic heterocycles. The van der Waals surface area contributed by atoms with Crippen molar-refractivity contribution in [1.82, 2.24) is 0 Å². The van der Waals surface area contributed by atoms with Crippen LogP contribution in [0, 0.1) is 0 Å². The van der Waals surface area contributed by atoms with E-state index in [1.807, 2.05) is 0 Å². The highest BCUT2D eigenvalue weighted by atomic mass is 15.1. The first-order valence-corrected chi connectivity index (χ1v) is 10.1. The van der Waals surface area contributed by atoms with Gasteiger partial charge in [0.25, 0.3) is 0 Å². The summed E-state index contributed by atoms with van der Waals surface area (Å²) in [6.45, 7) is 3.11. The smallest absolute Gasteiger partial charge is 0.0411 e. The molecule has 0 radical (unpaired) electrons. The van der Waals surface area contributed by atoms with E-state index in [2.05, 4.69) is 133 Å². The minimum absolute atomic E-state index is 0.929. The zero-order valence-electron chi connectivity index (χ0n) is 16.7. The molecule has 0 unspecified atom stereocenters. The maximum absolute atomic E-state index is 2.32. The highest BCUT2D eigenvalue weighted by molar-refractivity contribution is 5.91. The molecule has 0 saturated carbocycles. The van der Waals surface area contributed by atoms with Crippen LogP contribution in [0.4, 0.5) is 11.4 Å². The molecule has 142 valence electrons. The second-order valence-corrected chi connectivity index (χ2v) is 6.96. The summed E-state index contributed by atoms with van der Waals surface area (Å²) in [6, 6.07) is 40.5. The van der Waals surface area contributed by atoms with Gasteiger partial charge in [-0.25, -0.2) is 0 Å². The predicted molar refractivity (Wildman–Crippen MR) is 125 cm³/mol. The Balaban J connectivity index is 1.69. The van der Waals surface area contributed by atoms with Gasteiger partial charge in [-0.1, -0.05) is 91.0 Å². The van der Waals surface area contributed by atoms with E-state index in [0.29, 0.717) is 0 Å². The Morgan fingerprint density at radius 1 is 0.586 bits per heavy atom. The van der Waals surface area contributed by atoms with Crippen molar-refractivity contribution in [3.8, 4) is 0 Å². The van der Waals surface area contributed by atoms with Crippen LogP contribution in [0.25, 0.3) is 11.6 Å². The zero-order valence-corrected chi connectivity index (χ0v) is 16.7. The normalized spacial score (nSPS) is 10.4. The lowest BCUT2D eigenvalue weighted by atomic mass is 9.96. The van der Waals surface area contributed by atoms with Crippen LogP contribution in [0.1, 0.15) is 23.6 Å². The fourth-order valence-corrected chi connectivity index (χ4v) is 3.61. The molecule has 0 fully saturated rings. The molecule has 0 aliphatic rings. The van der Waals surface area contributed by atoms with E-state index in [-0.39, 0.29) is 0 Å². The summed E-state index contributed by atoms with van der Waals surface area (Å²) in [6.07, 6.45) is 2.27. The van der Waals surface area contributed by atoms with Gasteiger partial charge in [-0.05, 0) is 59.5 Å². The lowest BCUT2D eigenvalue weighted by Crippen LogP contribution is -2.15. The fourth-order valence-electron chi connectivity index (χ4n) is 3.61.